The number of nitrogen functional groups attached to an aromatic ring is 1. The summed E-state index contributed by atoms with van der Waals surface area (Å²) in [7, 11) is 0. The maximum absolute atomic E-state index is 6.07. The number of benzene rings is 1. The number of halogens is 1. The maximum atomic E-state index is 6.07. The molecule has 0 aliphatic rings. The molecule has 1 aromatic heterocycles. The standard InChI is InChI=1S/C12H14ClN3OS/c1-2-3-11-15-12(17-16-11)7-18-10-6-8(14)4-5-9(10)13/h4-6H,2-3,7,14H2,1H3. The summed E-state index contributed by atoms with van der Waals surface area (Å²) in [5.74, 6) is 1.97. The zero-order valence-corrected chi connectivity index (χ0v) is 11.6. The molecule has 0 atom stereocenters. The van der Waals surface area contributed by atoms with Crippen molar-refractivity contribution in [3.05, 3.63) is 34.9 Å². The van der Waals surface area contributed by atoms with Crippen molar-refractivity contribution in [2.24, 2.45) is 0 Å². The van der Waals surface area contributed by atoms with Gasteiger partial charge >= 0.3 is 0 Å². The van der Waals surface area contributed by atoms with Crippen molar-refractivity contribution in [1.82, 2.24) is 10.1 Å². The molecule has 0 radical (unpaired) electrons. The summed E-state index contributed by atoms with van der Waals surface area (Å²) in [6.07, 6.45) is 1.85. The van der Waals surface area contributed by atoms with Gasteiger partial charge < -0.3 is 10.3 Å². The van der Waals surface area contributed by atoms with Crippen molar-refractivity contribution < 1.29 is 4.52 Å². The Bertz CT molecular complexity index is 530. The van der Waals surface area contributed by atoms with E-state index in [9.17, 15) is 0 Å². The molecule has 2 aromatic rings. The van der Waals surface area contributed by atoms with Gasteiger partial charge in [0.05, 0.1) is 10.8 Å². The number of thioether (sulfide) groups is 1. The molecule has 0 fully saturated rings. The molecule has 0 aliphatic carbocycles. The first kappa shape index (κ1) is 13.2. The van der Waals surface area contributed by atoms with Crippen LogP contribution >= 0.6 is 23.4 Å². The lowest BCUT2D eigenvalue weighted by atomic mass is 10.3. The highest BCUT2D eigenvalue weighted by Crippen LogP contribution is 2.30. The SMILES string of the molecule is CCCc1noc(CSc2cc(N)ccc2Cl)n1. The molecule has 0 bridgehead atoms. The second kappa shape index (κ2) is 6.11. The van der Waals surface area contributed by atoms with Crippen LogP contribution < -0.4 is 5.73 Å². The molecule has 18 heavy (non-hydrogen) atoms. The van der Waals surface area contributed by atoms with Crippen LogP contribution in [0.15, 0.2) is 27.6 Å². The van der Waals surface area contributed by atoms with Gasteiger partial charge in [0.15, 0.2) is 5.82 Å². The number of nitrogens with two attached hydrogens (primary N) is 1. The van der Waals surface area contributed by atoms with Gasteiger partial charge in [-0.15, -0.1) is 11.8 Å². The lowest BCUT2D eigenvalue weighted by Gasteiger charge is -2.02. The number of aromatic nitrogens is 2. The molecule has 96 valence electrons. The lowest BCUT2D eigenvalue weighted by Crippen LogP contribution is -1.88. The molecule has 0 aliphatic heterocycles. The van der Waals surface area contributed by atoms with E-state index in [0.717, 1.165) is 23.6 Å². The fraction of sp³-hybridized carbons (Fsp3) is 0.333. The quantitative estimate of drug-likeness (QED) is 0.671. The van der Waals surface area contributed by atoms with Gasteiger partial charge in [-0.25, -0.2) is 0 Å². The third kappa shape index (κ3) is 3.40. The summed E-state index contributed by atoms with van der Waals surface area (Å²) in [6.45, 7) is 2.08. The number of hydrogen-bond acceptors (Lipinski definition) is 5. The van der Waals surface area contributed by atoms with Crippen molar-refractivity contribution in [1.29, 1.82) is 0 Å². The zero-order chi connectivity index (χ0) is 13.0. The van der Waals surface area contributed by atoms with Crippen LogP contribution in [0, 0.1) is 0 Å². The zero-order valence-electron chi connectivity index (χ0n) is 10.0. The molecule has 0 unspecified atom stereocenters. The predicted molar refractivity (Wildman–Crippen MR) is 73.7 cm³/mol. The van der Waals surface area contributed by atoms with Crippen molar-refractivity contribution in [2.75, 3.05) is 5.73 Å². The van der Waals surface area contributed by atoms with Crippen LogP contribution in [-0.4, -0.2) is 10.1 Å². The Kier molecular flexibility index (Phi) is 4.49. The third-order valence-electron chi connectivity index (χ3n) is 2.29. The van der Waals surface area contributed by atoms with E-state index in [4.69, 9.17) is 21.9 Å². The van der Waals surface area contributed by atoms with E-state index in [1.54, 1.807) is 12.1 Å². The topological polar surface area (TPSA) is 64.9 Å². The van der Waals surface area contributed by atoms with Gasteiger partial charge in [-0.3, -0.25) is 0 Å². The Morgan fingerprint density at radius 3 is 3.06 bits per heavy atom. The molecule has 0 amide bonds. The van der Waals surface area contributed by atoms with Gasteiger partial charge in [-0.2, -0.15) is 4.98 Å². The first-order chi connectivity index (χ1) is 8.69. The first-order valence-electron chi connectivity index (χ1n) is 5.68. The Hall–Kier alpha value is -1.20. The molecule has 6 heteroatoms. The Balaban J connectivity index is 1.99. The van der Waals surface area contributed by atoms with E-state index >= 15 is 0 Å². The van der Waals surface area contributed by atoms with Crippen molar-refractivity contribution >= 4 is 29.1 Å². The minimum atomic E-state index is 0.597. The minimum absolute atomic E-state index is 0.597. The number of aryl methyl sites for hydroxylation is 1. The van der Waals surface area contributed by atoms with Crippen LogP contribution in [0.3, 0.4) is 0 Å². The highest BCUT2D eigenvalue weighted by molar-refractivity contribution is 7.98. The van der Waals surface area contributed by atoms with Crippen molar-refractivity contribution in [3.8, 4) is 0 Å². The molecular weight excluding hydrogens is 270 g/mol. The second-order valence-electron chi connectivity index (χ2n) is 3.83. The molecule has 2 rings (SSSR count). The van der Waals surface area contributed by atoms with E-state index in [1.807, 2.05) is 6.07 Å². The van der Waals surface area contributed by atoms with Gasteiger partial charge in [0.2, 0.25) is 5.89 Å². The summed E-state index contributed by atoms with van der Waals surface area (Å²) < 4.78 is 5.15. The van der Waals surface area contributed by atoms with Gasteiger partial charge in [-0.05, 0) is 24.6 Å². The molecular formula is C12H14ClN3OS. The van der Waals surface area contributed by atoms with Gasteiger partial charge in [-0.1, -0.05) is 23.7 Å². The van der Waals surface area contributed by atoms with Crippen molar-refractivity contribution in [2.45, 2.75) is 30.4 Å². The van der Waals surface area contributed by atoms with Crippen LogP contribution in [0.1, 0.15) is 25.1 Å². The van der Waals surface area contributed by atoms with Gasteiger partial charge in [0, 0.05) is 17.0 Å². The van der Waals surface area contributed by atoms with Crippen molar-refractivity contribution in [3.63, 3.8) is 0 Å². The van der Waals surface area contributed by atoms with E-state index in [0.29, 0.717) is 22.4 Å². The molecule has 1 aromatic carbocycles. The molecule has 1 heterocycles. The average molecular weight is 284 g/mol. The number of rotatable bonds is 5. The lowest BCUT2D eigenvalue weighted by molar-refractivity contribution is 0.384. The van der Waals surface area contributed by atoms with E-state index in [2.05, 4.69) is 17.1 Å². The van der Waals surface area contributed by atoms with Crippen LogP contribution in [0.2, 0.25) is 5.02 Å². The van der Waals surface area contributed by atoms with Crippen LogP contribution in [0.5, 0.6) is 0 Å². The van der Waals surface area contributed by atoms with Crippen LogP contribution in [0.25, 0.3) is 0 Å². The van der Waals surface area contributed by atoms with Crippen LogP contribution in [-0.2, 0) is 12.2 Å². The normalized spacial score (nSPS) is 10.8. The summed E-state index contributed by atoms with van der Waals surface area (Å²) in [5.41, 5.74) is 6.41. The molecule has 0 spiro atoms. The van der Waals surface area contributed by atoms with E-state index in [-0.39, 0.29) is 0 Å². The number of nitrogens with zero attached hydrogens (tertiary/aromatic N) is 2. The Morgan fingerprint density at radius 1 is 1.44 bits per heavy atom. The second-order valence-corrected chi connectivity index (χ2v) is 5.26. The fourth-order valence-electron chi connectivity index (χ4n) is 1.44. The largest absolute Gasteiger partial charge is 0.399 e. The summed E-state index contributed by atoms with van der Waals surface area (Å²) >= 11 is 7.61. The third-order valence-corrected chi connectivity index (χ3v) is 3.77. The summed E-state index contributed by atoms with van der Waals surface area (Å²) in [5, 5.41) is 4.58. The Labute approximate surface area is 115 Å². The van der Waals surface area contributed by atoms with Gasteiger partial charge in [0.25, 0.3) is 0 Å². The molecule has 2 N–H and O–H groups in total. The van der Waals surface area contributed by atoms with E-state index in [1.165, 1.54) is 11.8 Å². The predicted octanol–water partition coefficient (Wildman–Crippen LogP) is 3.55. The monoisotopic (exact) mass is 283 g/mol. The summed E-state index contributed by atoms with van der Waals surface area (Å²) in [6, 6.07) is 5.41. The molecule has 0 saturated heterocycles. The average Bonchev–Trinajstić information content (AvgIpc) is 2.79. The highest BCUT2D eigenvalue weighted by atomic mass is 35.5. The highest BCUT2D eigenvalue weighted by Gasteiger charge is 2.08. The minimum Gasteiger partial charge on any atom is -0.399 e. The molecule has 4 nitrogen and oxygen atoms in total. The Morgan fingerprint density at radius 2 is 2.28 bits per heavy atom. The molecule has 0 saturated carbocycles. The first-order valence-corrected chi connectivity index (χ1v) is 7.04. The fourth-order valence-corrected chi connectivity index (χ4v) is 2.55. The summed E-state index contributed by atoms with van der Waals surface area (Å²) in [4.78, 5) is 5.22. The number of hydrogen-bond donors (Lipinski definition) is 1. The number of anilines is 1. The van der Waals surface area contributed by atoms with Gasteiger partial charge in [0.1, 0.15) is 0 Å². The van der Waals surface area contributed by atoms with Crippen LogP contribution in [0.4, 0.5) is 5.69 Å². The van der Waals surface area contributed by atoms with E-state index < -0.39 is 0 Å². The smallest absolute Gasteiger partial charge is 0.237 e. The maximum Gasteiger partial charge on any atom is 0.237 e.